The quantitative estimate of drug-likeness (QED) is 0.276. The summed E-state index contributed by atoms with van der Waals surface area (Å²) in [5, 5.41) is 7.81. The second kappa shape index (κ2) is 12.4. The topological polar surface area (TPSA) is 171 Å². The summed E-state index contributed by atoms with van der Waals surface area (Å²) in [5.74, 6) is -2.93. The largest absolute Gasteiger partial charge is 0.363 e. The van der Waals surface area contributed by atoms with Crippen molar-refractivity contribution in [2.75, 3.05) is 20.1 Å². The molecule has 0 aromatic rings. The summed E-state index contributed by atoms with van der Waals surface area (Å²) in [5.41, 5.74) is 4.47. The van der Waals surface area contributed by atoms with Crippen LogP contribution in [0.4, 0.5) is 4.79 Å². The minimum atomic E-state index is -1.11. The second-order valence-electron chi connectivity index (χ2n) is 11.4. The van der Waals surface area contributed by atoms with Crippen LogP contribution in [-0.2, 0) is 24.0 Å². The molecule has 2 aliphatic rings. The van der Waals surface area contributed by atoms with Crippen LogP contribution in [0.5, 0.6) is 0 Å². The van der Waals surface area contributed by atoms with Gasteiger partial charge in [-0.25, -0.2) is 4.79 Å². The highest BCUT2D eigenvalue weighted by Gasteiger charge is 2.43. The standard InChI is InChI=1S/C25H42N6O6/c1-14(2)30(6)18(32)13-27-24(37)29-20(25(3,4)5)23(36)31-11-7-8-17(31)22(35)28-16(12-15-9-10-15)19(33)21(26)34/h14-17,20H,7-13H2,1-6H3,(H2,26,34)(H,28,35)(H2,27,29,37). The predicted molar refractivity (Wildman–Crippen MR) is 136 cm³/mol. The van der Waals surface area contributed by atoms with Crippen LogP contribution in [-0.4, -0.2) is 89.5 Å². The Morgan fingerprint density at radius 2 is 1.65 bits per heavy atom. The lowest BCUT2D eigenvalue weighted by molar-refractivity contribution is -0.143. The smallest absolute Gasteiger partial charge is 0.315 e. The highest BCUT2D eigenvalue weighted by atomic mass is 16.2. The van der Waals surface area contributed by atoms with Crippen LogP contribution in [0.25, 0.3) is 0 Å². The van der Waals surface area contributed by atoms with Crippen molar-refractivity contribution in [2.45, 2.75) is 90.9 Å². The van der Waals surface area contributed by atoms with Gasteiger partial charge in [-0.05, 0) is 44.4 Å². The number of carbonyl (C=O) groups excluding carboxylic acids is 6. The Kier molecular flexibility index (Phi) is 10.0. The summed E-state index contributed by atoms with van der Waals surface area (Å²) in [4.78, 5) is 78.2. The third-order valence-electron chi connectivity index (χ3n) is 6.94. The lowest BCUT2D eigenvalue weighted by Gasteiger charge is -2.35. The van der Waals surface area contributed by atoms with Crippen molar-refractivity contribution >= 4 is 35.4 Å². The molecule has 3 atom stereocenters. The molecular formula is C25H42N6O6. The van der Waals surface area contributed by atoms with Crippen molar-refractivity contribution < 1.29 is 28.8 Å². The molecule has 2 rings (SSSR count). The van der Waals surface area contributed by atoms with E-state index in [9.17, 15) is 28.8 Å². The maximum atomic E-state index is 13.6. The van der Waals surface area contributed by atoms with E-state index < -0.39 is 53.1 Å². The predicted octanol–water partition coefficient (Wildman–Crippen LogP) is -0.103. The average molecular weight is 523 g/mol. The van der Waals surface area contributed by atoms with Crippen LogP contribution < -0.4 is 21.7 Å². The number of likely N-dealkylation sites (tertiary alicyclic amines) is 1. The number of nitrogens with one attached hydrogen (secondary N) is 3. The van der Waals surface area contributed by atoms with Gasteiger partial charge in [0.05, 0.1) is 12.6 Å². The third kappa shape index (κ3) is 8.43. The molecule has 2 fully saturated rings. The first kappa shape index (κ1) is 30.0. The van der Waals surface area contributed by atoms with Crippen LogP contribution in [0.15, 0.2) is 0 Å². The van der Waals surface area contributed by atoms with E-state index in [1.54, 1.807) is 27.8 Å². The monoisotopic (exact) mass is 522 g/mol. The zero-order valence-electron chi connectivity index (χ0n) is 22.8. The zero-order valence-corrected chi connectivity index (χ0v) is 22.8. The van der Waals surface area contributed by atoms with Crippen LogP contribution in [0.2, 0.25) is 0 Å². The molecule has 3 unspecified atom stereocenters. The highest BCUT2D eigenvalue weighted by molar-refractivity contribution is 6.37. The SMILES string of the molecule is CC(C)N(C)C(=O)CNC(=O)NC(C(=O)N1CCCC1C(=O)NC(CC1CC1)C(=O)C(N)=O)C(C)(C)C. The minimum absolute atomic E-state index is 0.0263. The number of primary amides is 1. The number of Topliss-reactive ketones (excluding diaryl/α,β-unsaturated/α-hetero) is 1. The molecule has 1 aliphatic carbocycles. The van der Waals surface area contributed by atoms with Crippen LogP contribution in [0.1, 0.15) is 66.7 Å². The van der Waals surface area contributed by atoms with E-state index in [2.05, 4.69) is 16.0 Å². The maximum Gasteiger partial charge on any atom is 0.315 e. The first-order valence-corrected chi connectivity index (χ1v) is 12.9. The van der Waals surface area contributed by atoms with Crippen molar-refractivity contribution in [3.05, 3.63) is 0 Å². The van der Waals surface area contributed by atoms with Gasteiger partial charge in [-0.15, -0.1) is 0 Å². The maximum absolute atomic E-state index is 13.6. The number of ketones is 1. The van der Waals surface area contributed by atoms with E-state index in [-0.39, 0.29) is 24.4 Å². The molecule has 0 aromatic heterocycles. The minimum Gasteiger partial charge on any atom is -0.363 e. The number of carbonyl (C=O) groups is 6. The normalized spacial score (nSPS) is 19.1. The van der Waals surface area contributed by atoms with Gasteiger partial charge in [0, 0.05) is 19.6 Å². The number of nitrogens with zero attached hydrogens (tertiary/aromatic N) is 2. The second-order valence-corrected chi connectivity index (χ2v) is 11.4. The van der Waals surface area contributed by atoms with Crippen LogP contribution in [0, 0.1) is 11.3 Å². The summed E-state index contributed by atoms with van der Waals surface area (Å²) in [6.45, 7) is 9.15. The third-order valence-corrected chi connectivity index (χ3v) is 6.94. The first-order valence-electron chi connectivity index (χ1n) is 12.9. The Balaban J connectivity index is 2.08. The number of rotatable bonds is 11. The fraction of sp³-hybridized carbons (Fsp3) is 0.760. The lowest BCUT2D eigenvalue weighted by Crippen LogP contribution is -2.60. The molecule has 208 valence electrons. The Labute approximate surface area is 218 Å². The number of hydrogen-bond donors (Lipinski definition) is 4. The fourth-order valence-electron chi connectivity index (χ4n) is 4.23. The van der Waals surface area contributed by atoms with E-state index in [4.69, 9.17) is 5.73 Å². The Morgan fingerprint density at radius 1 is 1.03 bits per heavy atom. The number of hydrogen-bond acceptors (Lipinski definition) is 6. The molecule has 0 aromatic carbocycles. The van der Waals surface area contributed by atoms with E-state index in [0.717, 1.165) is 12.8 Å². The highest BCUT2D eigenvalue weighted by Crippen LogP contribution is 2.34. The molecule has 0 bridgehead atoms. The average Bonchev–Trinajstić information content (AvgIpc) is 3.49. The molecule has 37 heavy (non-hydrogen) atoms. The van der Waals surface area contributed by atoms with Crippen molar-refractivity contribution in [1.29, 1.82) is 0 Å². The van der Waals surface area contributed by atoms with E-state index in [1.165, 1.54) is 9.80 Å². The molecular weight excluding hydrogens is 480 g/mol. The van der Waals surface area contributed by atoms with E-state index in [0.29, 0.717) is 25.8 Å². The van der Waals surface area contributed by atoms with E-state index in [1.807, 2.05) is 13.8 Å². The number of nitrogens with two attached hydrogens (primary N) is 1. The summed E-state index contributed by atoms with van der Waals surface area (Å²) in [6, 6.07) is -3.53. The van der Waals surface area contributed by atoms with Gasteiger partial charge in [-0.3, -0.25) is 24.0 Å². The van der Waals surface area contributed by atoms with Crippen molar-refractivity contribution in [2.24, 2.45) is 17.1 Å². The molecule has 6 amide bonds. The van der Waals surface area contributed by atoms with E-state index >= 15 is 0 Å². The van der Waals surface area contributed by atoms with Gasteiger partial charge in [-0.1, -0.05) is 33.6 Å². The van der Waals surface area contributed by atoms with Gasteiger partial charge < -0.3 is 31.5 Å². The summed E-state index contributed by atoms with van der Waals surface area (Å²) < 4.78 is 0. The molecule has 1 saturated heterocycles. The first-order chi connectivity index (χ1) is 17.1. The summed E-state index contributed by atoms with van der Waals surface area (Å²) in [6.07, 6.45) is 3.14. The fourth-order valence-corrected chi connectivity index (χ4v) is 4.23. The van der Waals surface area contributed by atoms with Gasteiger partial charge >= 0.3 is 6.03 Å². The number of amides is 6. The molecule has 1 heterocycles. The van der Waals surface area contributed by atoms with Crippen LogP contribution >= 0.6 is 0 Å². The molecule has 1 saturated carbocycles. The lowest BCUT2D eigenvalue weighted by atomic mass is 9.85. The Morgan fingerprint density at radius 3 is 2.16 bits per heavy atom. The summed E-state index contributed by atoms with van der Waals surface area (Å²) in [7, 11) is 1.64. The molecule has 12 heteroatoms. The molecule has 1 aliphatic heterocycles. The van der Waals surface area contributed by atoms with Crippen molar-refractivity contribution in [1.82, 2.24) is 25.8 Å². The Bertz CT molecular complexity index is 910. The van der Waals surface area contributed by atoms with Gasteiger partial charge in [0.2, 0.25) is 23.5 Å². The van der Waals surface area contributed by atoms with Gasteiger partial charge in [0.15, 0.2) is 0 Å². The number of likely N-dealkylation sites (N-methyl/N-ethyl adjacent to an activating group) is 1. The van der Waals surface area contributed by atoms with Crippen molar-refractivity contribution in [3.63, 3.8) is 0 Å². The molecule has 0 spiro atoms. The van der Waals surface area contributed by atoms with Crippen molar-refractivity contribution in [3.8, 4) is 0 Å². The molecule has 12 nitrogen and oxygen atoms in total. The molecule has 0 radical (unpaired) electrons. The van der Waals surface area contributed by atoms with Gasteiger partial charge in [0.1, 0.15) is 12.1 Å². The zero-order chi connectivity index (χ0) is 28.1. The molecule has 5 N–H and O–H groups in total. The summed E-state index contributed by atoms with van der Waals surface area (Å²) >= 11 is 0. The van der Waals surface area contributed by atoms with Gasteiger partial charge in [0.25, 0.3) is 5.91 Å². The Hall–Kier alpha value is -3.18. The van der Waals surface area contributed by atoms with Crippen LogP contribution in [0.3, 0.4) is 0 Å². The number of urea groups is 1. The van der Waals surface area contributed by atoms with Gasteiger partial charge in [-0.2, -0.15) is 0 Å².